The predicted molar refractivity (Wildman–Crippen MR) is 53.2 cm³/mol. The number of carbonyl (C=O) groups excluding carboxylic acids is 1. The fourth-order valence-corrected chi connectivity index (χ4v) is 0.886. The number of hydrogen-bond donors (Lipinski definition) is 2. The molecule has 0 radical (unpaired) electrons. The summed E-state index contributed by atoms with van der Waals surface area (Å²) >= 11 is 0. The molecule has 13 heavy (non-hydrogen) atoms. The van der Waals surface area contributed by atoms with E-state index < -0.39 is 11.0 Å². The summed E-state index contributed by atoms with van der Waals surface area (Å²) in [5.74, 6) is 0.0718. The molecule has 3 N–H and O–H groups in total. The van der Waals surface area contributed by atoms with Crippen LogP contribution in [0.4, 0.5) is 0 Å². The Kier molecular flexibility index (Phi) is 2.41. The van der Waals surface area contributed by atoms with Crippen LogP contribution in [0.25, 0.3) is 0 Å². The molecular formula is C10H20N2O. The number of nitrogens with two attached hydrogens (primary N) is 1. The molecule has 0 aliphatic heterocycles. The van der Waals surface area contributed by atoms with E-state index in [1.807, 2.05) is 27.7 Å². The van der Waals surface area contributed by atoms with Crippen LogP contribution in [0.1, 0.15) is 40.5 Å². The molecule has 1 aliphatic rings. The molecule has 0 atom stereocenters. The van der Waals surface area contributed by atoms with Crippen molar-refractivity contribution < 1.29 is 4.79 Å². The van der Waals surface area contributed by atoms with Crippen LogP contribution < -0.4 is 11.1 Å². The SMILES string of the molecule is CC(C)(N)C(C)(C)C(=O)NC1CC1. The average molecular weight is 184 g/mol. The second-order valence-electron chi connectivity index (χ2n) is 5.09. The van der Waals surface area contributed by atoms with Crippen LogP contribution in [-0.2, 0) is 4.79 Å². The van der Waals surface area contributed by atoms with E-state index in [-0.39, 0.29) is 5.91 Å². The minimum Gasteiger partial charge on any atom is -0.353 e. The monoisotopic (exact) mass is 184 g/mol. The fraction of sp³-hybridized carbons (Fsp3) is 0.900. The van der Waals surface area contributed by atoms with Gasteiger partial charge in [-0.05, 0) is 40.5 Å². The van der Waals surface area contributed by atoms with Crippen LogP contribution >= 0.6 is 0 Å². The highest BCUT2D eigenvalue weighted by molar-refractivity contribution is 5.83. The van der Waals surface area contributed by atoms with E-state index >= 15 is 0 Å². The first-order valence-electron chi connectivity index (χ1n) is 4.85. The lowest BCUT2D eigenvalue weighted by Crippen LogP contribution is -2.55. The van der Waals surface area contributed by atoms with E-state index in [4.69, 9.17) is 5.73 Å². The largest absolute Gasteiger partial charge is 0.353 e. The highest BCUT2D eigenvalue weighted by Gasteiger charge is 2.42. The summed E-state index contributed by atoms with van der Waals surface area (Å²) in [7, 11) is 0. The summed E-state index contributed by atoms with van der Waals surface area (Å²) in [6, 6.07) is 0.411. The lowest BCUT2D eigenvalue weighted by molar-refractivity contribution is -0.132. The molecule has 1 fully saturated rings. The van der Waals surface area contributed by atoms with Crippen LogP contribution in [0, 0.1) is 5.41 Å². The molecule has 1 rings (SSSR count). The predicted octanol–water partition coefficient (Wildman–Crippen LogP) is 1.03. The van der Waals surface area contributed by atoms with Crippen LogP contribution in [0.3, 0.4) is 0 Å². The average Bonchev–Trinajstić information content (AvgIpc) is 2.68. The Balaban J connectivity index is 2.61. The molecule has 1 amide bonds. The number of amides is 1. The molecule has 0 heterocycles. The van der Waals surface area contributed by atoms with Crippen molar-refractivity contribution in [3.8, 4) is 0 Å². The summed E-state index contributed by atoms with van der Waals surface area (Å²) < 4.78 is 0. The van der Waals surface area contributed by atoms with Crippen LogP contribution in [0.15, 0.2) is 0 Å². The van der Waals surface area contributed by atoms with Gasteiger partial charge in [-0.25, -0.2) is 0 Å². The second kappa shape index (κ2) is 2.98. The van der Waals surface area contributed by atoms with E-state index in [9.17, 15) is 4.79 Å². The van der Waals surface area contributed by atoms with Gasteiger partial charge in [0.1, 0.15) is 0 Å². The molecule has 3 nitrogen and oxygen atoms in total. The number of rotatable bonds is 3. The van der Waals surface area contributed by atoms with E-state index in [0.29, 0.717) is 6.04 Å². The molecule has 0 spiro atoms. The first-order valence-corrected chi connectivity index (χ1v) is 4.85. The molecule has 3 heteroatoms. The Morgan fingerprint density at radius 3 is 2.08 bits per heavy atom. The first kappa shape index (κ1) is 10.5. The third kappa shape index (κ3) is 2.21. The zero-order valence-corrected chi connectivity index (χ0v) is 8.98. The second-order valence-corrected chi connectivity index (χ2v) is 5.09. The highest BCUT2D eigenvalue weighted by atomic mass is 16.2. The number of carbonyl (C=O) groups is 1. The van der Waals surface area contributed by atoms with Crippen molar-refractivity contribution >= 4 is 5.91 Å². The Bertz CT molecular complexity index is 211. The van der Waals surface area contributed by atoms with Gasteiger partial charge < -0.3 is 11.1 Å². The van der Waals surface area contributed by atoms with E-state index in [1.165, 1.54) is 0 Å². The van der Waals surface area contributed by atoms with Gasteiger partial charge in [0.05, 0.1) is 5.41 Å². The Hall–Kier alpha value is -0.570. The van der Waals surface area contributed by atoms with Gasteiger partial charge >= 0.3 is 0 Å². The maximum Gasteiger partial charge on any atom is 0.227 e. The standard InChI is InChI=1S/C10H20N2O/c1-9(2,10(3,4)11)8(13)12-7-5-6-7/h7H,5-6,11H2,1-4H3,(H,12,13). The third-order valence-corrected chi connectivity index (χ3v) is 3.09. The summed E-state index contributed by atoms with van der Waals surface area (Å²) in [5.41, 5.74) is 4.96. The molecule has 0 unspecified atom stereocenters. The van der Waals surface area contributed by atoms with Gasteiger partial charge in [0.15, 0.2) is 0 Å². The van der Waals surface area contributed by atoms with Crippen molar-refractivity contribution in [2.24, 2.45) is 11.1 Å². The summed E-state index contributed by atoms with van der Waals surface area (Å²) in [6.07, 6.45) is 2.24. The molecule has 1 saturated carbocycles. The molecule has 0 aromatic rings. The van der Waals surface area contributed by atoms with Gasteiger partial charge in [-0.1, -0.05) is 0 Å². The van der Waals surface area contributed by atoms with E-state index in [1.54, 1.807) is 0 Å². The smallest absolute Gasteiger partial charge is 0.227 e. The maximum atomic E-state index is 11.8. The summed E-state index contributed by atoms with van der Waals surface area (Å²) in [6.45, 7) is 7.56. The van der Waals surface area contributed by atoms with Gasteiger partial charge in [-0.15, -0.1) is 0 Å². The summed E-state index contributed by atoms with van der Waals surface area (Å²) in [4.78, 5) is 11.8. The lowest BCUT2D eigenvalue weighted by atomic mass is 9.74. The van der Waals surface area contributed by atoms with Crippen LogP contribution in [0.5, 0.6) is 0 Å². The van der Waals surface area contributed by atoms with Crippen molar-refractivity contribution in [3.63, 3.8) is 0 Å². The Morgan fingerprint density at radius 2 is 1.77 bits per heavy atom. The Morgan fingerprint density at radius 1 is 1.31 bits per heavy atom. The van der Waals surface area contributed by atoms with Gasteiger partial charge in [-0.3, -0.25) is 4.79 Å². The zero-order valence-electron chi connectivity index (χ0n) is 8.98. The van der Waals surface area contributed by atoms with Crippen molar-refractivity contribution in [1.29, 1.82) is 0 Å². The maximum absolute atomic E-state index is 11.8. The van der Waals surface area contributed by atoms with Gasteiger partial charge in [0.2, 0.25) is 5.91 Å². The molecule has 76 valence electrons. The minimum absolute atomic E-state index is 0.0718. The zero-order chi connectivity index (χ0) is 10.3. The topological polar surface area (TPSA) is 55.1 Å². The molecule has 1 aliphatic carbocycles. The molecule has 0 aromatic carbocycles. The van der Waals surface area contributed by atoms with Crippen molar-refractivity contribution in [1.82, 2.24) is 5.32 Å². The van der Waals surface area contributed by atoms with E-state index in [0.717, 1.165) is 12.8 Å². The van der Waals surface area contributed by atoms with Crippen molar-refractivity contribution in [3.05, 3.63) is 0 Å². The van der Waals surface area contributed by atoms with Crippen LogP contribution in [0.2, 0.25) is 0 Å². The first-order chi connectivity index (χ1) is 5.75. The lowest BCUT2D eigenvalue weighted by Gasteiger charge is -2.36. The quantitative estimate of drug-likeness (QED) is 0.688. The van der Waals surface area contributed by atoms with Gasteiger partial charge in [-0.2, -0.15) is 0 Å². The number of hydrogen-bond acceptors (Lipinski definition) is 2. The third-order valence-electron chi connectivity index (χ3n) is 3.09. The van der Waals surface area contributed by atoms with E-state index in [2.05, 4.69) is 5.32 Å². The molecule has 0 bridgehead atoms. The van der Waals surface area contributed by atoms with Gasteiger partial charge in [0.25, 0.3) is 0 Å². The van der Waals surface area contributed by atoms with Crippen molar-refractivity contribution in [2.75, 3.05) is 0 Å². The normalized spacial score (nSPS) is 18.5. The molecular weight excluding hydrogens is 164 g/mol. The minimum atomic E-state index is -0.504. The number of nitrogens with one attached hydrogen (secondary N) is 1. The van der Waals surface area contributed by atoms with Crippen molar-refractivity contribution in [2.45, 2.75) is 52.1 Å². The van der Waals surface area contributed by atoms with Gasteiger partial charge in [0, 0.05) is 11.6 Å². The summed E-state index contributed by atoms with van der Waals surface area (Å²) in [5, 5.41) is 2.98. The molecule has 0 aromatic heterocycles. The highest BCUT2D eigenvalue weighted by Crippen LogP contribution is 2.30. The fourth-order valence-electron chi connectivity index (χ4n) is 0.886. The molecule has 0 saturated heterocycles. The van der Waals surface area contributed by atoms with Crippen LogP contribution in [-0.4, -0.2) is 17.5 Å². The Labute approximate surface area is 80.1 Å².